The first-order chi connectivity index (χ1) is 14.2. The lowest BCUT2D eigenvalue weighted by atomic mass is 10.1. The molecule has 0 saturated heterocycles. The van der Waals surface area contributed by atoms with Crippen LogP contribution < -0.4 is 5.32 Å². The van der Waals surface area contributed by atoms with Crippen LogP contribution in [0.15, 0.2) is 65.2 Å². The molecule has 0 radical (unpaired) electrons. The van der Waals surface area contributed by atoms with Crippen LogP contribution in [0.4, 0.5) is 0 Å². The van der Waals surface area contributed by atoms with Crippen molar-refractivity contribution >= 4 is 11.9 Å². The molecule has 0 aliphatic carbocycles. The van der Waals surface area contributed by atoms with Crippen LogP contribution in [0.1, 0.15) is 24.3 Å². The first-order valence-electron chi connectivity index (χ1n) is 9.55. The number of carbonyl (C=O) groups is 2. The van der Waals surface area contributed by atoms with Crippen molar-refractivity contribution in [1.82, 2.24) is 15.5 Å². The number of aromatic nitrogens is 2. The standard InChI is InChI=1S/C22H23N3O4/c26-19(23-15-7-10-17-8-3-1-4-9-17)16-28-21(27)14-13-20-24-22(25-29-20)18-11-5-2-6-12-18/h1-6,8-9,11-12H,7,10,13-16H2,(H,23,26). The van der Waals surface area contributed by atoms with Crippen molar-refractivity contribution in [1.29, 1.82) is 0 Å². The second kappa shape index (κ2) is 10.8. The van der Waals surface area contributed by atoms with Crippen molar-refractivity contribution in [3.8, 4) is 11.4 Å². The fraction of sp³-hybridized carbons (Fsp3) is 0.273. The minimum Gasteiger partial charge on any atom is -0.456 e. The molecule has 7 nitrogen and oxygen atoms in total. The third-order valence-electron chi connectivity index (χ3n) is 4.21. The molecule has 0 aliphatic heterocycles. The number of benzene rings is 2. The van der Waals surface area contributed by atoms with Crippen molar-refractivity contribution in [2.45, 2.75) is 25.7 Å². The molecule has 1 N–H and O–H groups in total. The number of hydrogen-bond acceptors (Lipinski definition) is 6. The quantitative estimate of drug-likeness (QED) is 0.420. The number of amides is 1. The summed E-state index contributed by atoms with van der Waals surface area (Å²) in [5, 5.41) is 6.65. The second-order valence-corrected chi connectivity index (χ2v) is 6.48. The molecule has 1 heterocycles. The smallest absolute Gasteiger partial charge is 0.306 e. The van der Waals surface area contributed by atoms with E-state index in [-0.39, 0.29) is 25.4 Å². The van der Waals surface area contributed by atoms with Gasteiger partial charge in [0.1, 0.15) is 0 Å². The van der Waals surface area contributed by atoms with Crippen LogP contribution in [0.25, 0.3) is 11.4 Å². The number of esters is 1. The lowest BCUT2D eigenvalue weighted by Crippen LogP contribution is -2.29. The molecule has 29 heavy (non-hydrogen) atoms. The highest BCUT2D eigenvalue weighted by atomic mass is 16.5. The molecule has 0 bridgehead atoms. The zero-order valence-electron chi connectivity index (χ0n) is 16.0. The van der Waals surface area contributed by atoms with Crippen LogP contribution in [0.5, 0.6) is 0 Å². The van der Waals surface area contributed by atoms with Gasteiger partial charge >= 0.3 is 5.97 Å². The van der Waals surface area contributed by atoms with Crippen molar-refractivity contribution in [3.05, 3.63) is 72.1 Å². The molecule has 1 amide bonds. The summed E-state index contributed by atoms with van der Waals surface area (Å²) in [7, 11) is 0. The molecule has 0 saturated carbocycles. The van der Waals surface area contributed by atoms with E-state index in [1.54, 1.807) is 0 Å². The predicted molar refractivity (Wildman–Crippen MR) is 107 cm³/mol. The highest BCUT2D eigenvalue weighted by Crippen LogP contribution is 2.15. The summed E-state index contributed by atoms with van der Waals surface area (Å²) in [4.78, 5) is 27.8. The zero-order chi connectivity index (χ0) is 20.3. The molecular weight excluding hydrogens is 370 g/mol. The Balaban J connectivity index is 1.30. The summed E-state index contributed by atoms with van der Waals surface area (Å²) < 4.78 is 10.1. The van der Waals surface area contributed by atoms with Gasteiger partial charge in [-0.25, -0.2) is 0 Å². The Hall–Kier alpha value is -3.48. The monoisotopic (exact) mass is 393 g/mol. The highest BCUT2D eigenvalue weighted by molar-refractivity contribution is 5.80. The first kappa shape index (κ1) is 20.3. The third-order valence-corrected chi connectivity index (χ3v) is 4.21. The van der Waals surface area contributed by atoms with Crippen molar-refractivity contribution in [2.24, 2.45) is 0 Å². The Morgan fingerprint density at radius 2 is 1.69 bits per heavy atom. The average molecular weight is 393 g/mol. The molecule has 150 valence electrons. The van der Waals surface area contributed by atoms with Gasteiger partial charge in [0.2, 0.25) is 11.7 Å². The fourth-order valence-corrected chi connectivity index (χ4v) is 2.70. The van der Waals surface area contributed by atoms with E-state index in [0.717, 1.165) is 18.4 Å². The Morgan fingerprint density at radius 3 is 2.45 bits per heavy atom. The Labute approximate surface area is 169 Å². The maximum absolute atomic E-state index is 11.8. The molecular formula is C22H23N3O4. The van der Waals surface area contributed by atoms with Crippen molar-refractivity contribution in [3.63, 3.8) is 0 Å². The van der Waals surface area contributed by atoms with Gasteiger partial charge in [0.15, 0.2) is 6.61 Å². The number of carbonyl (C=O) groups excluding carboxylic acids is 2. The van der Waals surface area contributed by atoms with Crippen molar-refractivity contribution in [2.75, 3.05) is 13.2 Å². The molecule has 0 atom stereocenters. The molecule has 1 aromatic heterocycles. The second-order valence-electron chi connectivity index (χ2n) is 6.48. The van der Waals surface area contributed by atoms with E-state index >= 15 is 0 Å². The number of nitrogens with zero attached hydrogens (tertiary/aromatic N) is 2. The van der Waals surface area contributed by atoms with Crippen LogP contribution in [0.2, 0.25) is 0 Å². The van der Waals surface area contributed by atoms with E-state index in [1.165, 1.54) is 5.56 Å². The summed E-state index contributed by atoms with van der Waals surface area (Å²) in [6.07, 6.45) is 2.04. The van der Waals surface area contributed by atoms with Gasteiger partial charge in [0, 0.05) is 18.5 Å². The largest absolute Gasteiger partial charge is 0.456 e. The van der Waals surface area contributed by atoms with E-state index < -0.39 is 5.97 Å². The van der Waals surface area contributed by atoms with Gasteiger partial charge in [-0.3, -0.25) is 9.59 Å². The molecule has 0 aliphatic rings. The van der Waals surface area contributed by atoms with Crippen LogP contribution >= 0.6 is 0 Å². The Morgan fingerprint density at radius 1 is 0.966 bits per heavy atom. The van der Waals surface area contributed by atoms with Gasteiger partial charge < -0.3 is 14.6 Å². The molecule has 0 fully saturated rings. The summed E-state index contributed by atoms with van der Waals surface area (Å²) in [6, 6.07) is 19.5. The average Bonchev–Trinajstić information content (AvgIpc) is 3.24. The SMILES string of the molecule is O=C(COC(=O)CCc1nc(-c2ccccc2)no1)NCCCc1ccccc1. The number of ether oxygens (including phenoxy) is 1. The van der Waals surface area contributed by atoms with Gasteiger partial charge in [-0.1, -0.05) is 65.8 Å². The lowest BCUT2D eigenvalue weighted by molar-refractivity contribution is -0.148. The number of aryl methyl sites for hydroxylation is 2. The Bertz CT molecular complexity index is 910. The first-order valence-corrected chi connectivity index (χ1v) is 9.55. The molecule has 0 unspecified atom stereocenters. The topological polar surface area (TPSA) is 94.3 Å². The molecule has 2 aromatic carbocycles. The van der Waals surface area contributed by atoms with Crippen LogP contribution in [-0.2, 0) is 27.2 Å². The summed E-state index contributed by atoms with van der Waals surface area (Å²) >= 11 is 0. The van der Waals surface area contributed by atoms with Crippen LogP contribution in [-0.4, -0.2) is 35.2 Å². The number of hydrogen-bond donors (Lipinski definition) is 1. The van der Waals surface area contributed by atoms with E-state index in [2.05, 4.69) is 27.6 Å². The fourth-order valence-electron chi connectivity index (χ4n) is 2.70. The minimum atomic E-state index is -0.483. The van der Waals surface area contributed by atoms with Crippen molar-refractivity contribution < 1.29 is 18.8 Å². The number of nitrogens with one attached hydrogen (secondary N) is 1. The normalized spacial score (nSPS) is 10.5. The lowest BCUT2D eigenvalue weighted by Gasteiger charge is -2.06. The minimum absolute atomic E-state index is 0.0672. The number of rotatable bonds is 10. The van der Waals surface area contributed by atoms with E-state index in [0.29, 0.717) is 18.3 Å². The summed E-state index contributed by atoms with van der Waals surface area (Å²) in [5.74, 6) is 0.0366. The van der Waals surface area contributed by atoms with Crippen LogP contribution in [0, 0.1) is 0 Å². The maximum atomic E-state index is 11.8. The zero-order valence-corrected chi connectivity index (χ0v) is 16.0. The van der Waals surface area contributed by atoms with E-state index in [4.69, 9.17) is 9.26 Å². The molecule has 3 rings (SSSR count). The molecule has 0 spiro atoms. The summed E-state index contributed by atoms with van der Waals surface area (Å²) in [6.45, 7) is 0.249. The predicted octanol–water partition coefficient (Wildman–Crippen LogP) is 2.96. The maximum Gasteiger partial charge on any atom is 0.306 e. The van der Waals surface area contributed by atoms with Gasteiger partial charge in [0.25, 0.3) is 5.91 Å². The molecule has 3 aromatic rings. The van der Waals surface area contributed by atoms with Gasteiger partial charge in [0.05, 0.1) is 6.42 Å². The van der Waals surface area contributed by atoms with Gasteiger partial charge in [-0.05, 0) is 18.4 Å². The van der Waals surface area contributed by atoms with Gasteiger partial charge in [-0.15, -0.1) is 0 Å². The Kier molecular flexibility index (Phi) is 7.51. The van der Waals surface area contributed by atoms with Crippen LogP contribution in [0.3, 0.4) is 0 Å². The van der Waals surface area contributed by atoms with E-state index in [9.17, 15) is 9.59 Å². The molecule has 7 heteroatoms. The highest BCUT2D eigenvalue weighted by Gasteiger charge is 2.12. The van der Waals surface area contributed by atoms with Gasteiger partial charge in [-0.2, -0.15) is 4.98 Å². The third kappa shape index (κ3) is 6.88. The summed E-state index contributed by atoms with van der Waals surface area (Å²) in [5.41, 5.74) is 2.07. The van der Waals surface area contributed by atoms with E-state index in [1.807, 2.05) is 48.5 Å².